The van der Waals surface area contributed by atoms with E-state index >= 15 is 0 Å². The van der Waals surface area contributed by atoms with Crippen LogP contribution in [0.2, 0.25) is 0 Å². The standard InChI is InChI=1S/C20H30O3/c1-2-3-4-5-6-7-8-9-10-11-12-13-15-18-19(23-18)16-14-17-20(21)22/h6-7,9-13,15,18-19H,2-5,8,14,16-17H2,1H3,(H,21,22)/p-1/b7-6-,10-9-,12-11+,15-13+/t18-,19-/m0/s1. The van der Waals surface area contributed by atoms with Gasteiger partial charge in [-0.3, -0.25) is 0 Å². The molecule has 0 aromatic rings. The van der Waals surface area contributed by atoms with E-state index in [0.29, 0.717) is 6.42 Å². The van der Waals surface area contributed by atoms with Crippen molar-refractivity contribution in [2.45, 2.75) is 70.5 Å². The Kier molecular flexibility index (Phi) is 10.9. The normalized spacial score (nSPS) is 21.3. The molecule has 23 heavy (non-hydrogen) atoms. The van der Waals surface area contributed by atoms with Crippen molar-refractivity contribution in [2.75, 3.05) is 0 Å². The molecule has 3 heteroatoms. The summed E-state index contributed by atoms with van der Waals surface area (Å²) in [4.78, 5) is 10.3. The van der Waals surface area contributed by atoms with Gasteiger partial charge in [-0.05, 0) is 38.5 Å². The van der Waals surface area contributed by atoms with E-state index in [2.05, 4.69) is 25.2 Å². The summed E-state index contributed by atoms with van der Waals surface area (Å²) in [6.07, 6.45) is 24.6. The van der Waals surface area contributed by atoms with Crippen molar-refractivity contribution in [1.82, 2.24) is 0 Å². The zero-order valence-electron chi connectivity index (χ0n) is 14.2. The van der Waals surface area contributed by atoms with Gasteiger partial charge in [0, 0.05) is 5.97 Å². The van der Waals surface area contributed by atoms with Gasteiger partial charge < -0.3 is 14.6 Å². The van der Waals surface area contributed by atoms with Crippen molar-refractivity contribution >= 4 is 5.97 Å². The molecule has 1 rings (SSSR count). The number of ether oxygens (including phenoxy) is 1. The molecule has 1 heterocycles. The molecule has 1 aliphatic rings. The van der Waals surface area contributed by atoms with Crippen LogP contribution in [0.15, 0.2) is 48.6 Å². The number of aliphatic carboxylic acids is 1. The highest BCUT2D eigenvalue weighted by Gasteiger charge is 2.35. The van der Waals surface area contributed by atoms with E-state index in [1.165, 1.54) is 25.7 Å². The molecule has 3 nitrogen and oxygen atoms in total. The average Bonchev–Trinajstić information content (AvgIpc) is 3.26. The maximum Gasteiger partial charge on any atom is 0.103 e. The quantitative estimate of drug-likeness (QED) is 0.224. The number of carboxylic acids is 1. The minimum atomic E-state index is -0.983. The summed E-state index contributed by atoms with van der Waals surface area (Å²) in [5.74, 6) is -0.983. The number of hydrogen-bond acceptors (Lipinski definition) is 3. The van der Waals surface area contributed by atoms with Gasteiger partial charge >= 0.3 is 0 Å². The molecule has 1 saturated heterocycles. The highest BCUT2D eigenvalue weighted by atomic mass is 16.6. The number of epoxide rings is 1. The van der Waals surface area contributed by atoms with Crippen LogP contribution in [0.1, 0.15) is 58.3 Å². The number of carbonyl (C=O) groups excluding carboxylic acids is 1. The monoisotopic (exact) mass is 317 g/mol. The lowest BCUT2D eigenvalue weighted by molar-refractivity contribution is -0.305. The van der Waals surface area contributed by atoms with Crippen LogP contribution >= 0.6 is 0 Å². The Labute approximate surface area is 140 Å². The third kappa shape index (κ3) is 11.6. The minimum Gasteiger partial charge on any atom is -0.550 e. The van der Waals surface area contributed by atoms with Crippen molar-refractivity contribution in [3.05, 3.63) is 48.6 Å². The predicted octanol–water partition coefficient (Wildman–Crippen LogP) is 3.87. The molecule has 0 aromatic carbocycles. The summed E-state index contributed by atoms with van der Waals surface area (Å²) in [6.45, 7) is 2.22. The zero-order valence-corrected chi connectivity index (χ0v) is 14.2. The molecule has 0 aliphatic carbocycles. The summed E-state index contributed by atoms with van der Waals surface area (Å²) in [5, 5.41) is 10.3. The van der Waals surface area contributed by atoms with Crippen molar-refractivity contribution < 1.29 is 14.6 Å². The number of carbonyl (C=O) groups is 1. The molecule has 0 amide bonds. The Bertz CT molecular complexity index is 432. The first kappa shape index (κ1) is 19.4. The van der Waals surface area contributed by atoms with Crippen LogP contribution in [-0.2, 0) is 9.53 Å². The van der Waals surface area contributed by atoms with Crippen molar-refractivity contribution in [3.63, 3.8) is 0 Å². The van der Waals surface area contributed by atoms with Crippen LogP contribution in [0.25, 0.3) is 0 Å². The number of allylic oxidation sites excluding steroid dienone is 7. The fourth-order valence-corrected chi connectivity index (χ4v) is 2.27. The summed E-state index contributed by atoms with van der Waals surface area (Å²) >= 11 is 0. The highest BCUT2D eigenvalue weighted by molar-refractivity contribution is 5.64. The third-order valence-corrected chi connectivity index (χ3v) is 3.67. The van der Waals surface area contributed by atoms with Crippen LogP contribution in [0.3, 0.4) is 0 Å². The SMILES string of the molecule is CCCCC/C=C\C\C=C/C=C/C=C/[C@@H]1O[C@H]1CCCC(=O)[O-]. The molecular formula is C20H29O3-. The molecule has 0 unspecified atom stereocenters. The van der Waals surface area contributed by atoms with Crippen molar-refractivity contribution in [2.24, 2.45) is 0 Å². The van der Waals surface area contributed by atoms with Gasteiger partial charge in [0.05, 0.1) is 6.10 Å². The smallest absolute Gasteiger partial charge is 0.103 e. The number of carboxylic acid groups (broad SMARTS) is 1. The Balaban J connectivity index is 1.99. The van der Waals surface area contributed by atoms with Gasteiger partial charge in [0.25, 0.3) is 0 Å². The summed E-state index contributed by atoms with van der Waals surface area (Å²) in [7, 11) is 0. The second-order valence-electron chi connectivity index (χ2n) is 5.80. The Morgan fingerprint density at radius 3 is 2.65 bits per heavy atom. The molecule has 2 atom stereocenters. The lowest BCUT2D eigenvalue weighted by Gasteiger charge is -1.98. The number of hydrogen-bond donors (Lipinski definition) is 0. The molecule has 0 spiro atoms. The van der Waals surface area contributed by atoms with E-state index in [0.717, 1.165) is 12.8 Å². The van der Waals surface area contributed by atoms with Gasteiger partial charge in [-0.25, -0.2) is 0 Å². The molecular weight excluding hydrogens is 288 g/mol. The summed E-state index contributed by atoms with van der Waals surface area (Å²) in [5.41, 5.74) is 0. The summed E-state index contributed by atoms with van der Waals surface area (Å²) in [6, 6.07) is 0. The fourth-order valence-electron chi connectivity index (χ4n) is 2.27. The average molecular weight is 317 g/mol. The van der Waals surface area contributed by atoms with E-state index in [-0.39, 0.29) is 18.6 Å². The molecule has 0 radical (unpaired) electrons. The van der Waals surface area contributed by atoms with Gasteiger partial charge in [-0.15, -0.1) is 0 Å². The van der Waals surface area contributed by atoms with E-state index in [1.807, 2.05) is 30.4 Å². The Morgan fingerprint density at radius 1 is 1.04 bits per heavy atom. The third-order valence-electron chi connectivity index (χ3n) is 3.67. The first-order valence-corrected chi connectivity index (χ1v) is 8.74. The molecule has 1 aliphatic heterocycles. The largest absolute Gasteiger partial charge is 0.550 e. The molecule has 0 aromatic heterocycles. The van der Waals surface area contributed by atoms with Crippen LogP contribution in [0, 0.1) is 0 Å². The van der Waals surface area contributed by atoms with Crippen LogP contribution in [-0.4, -0.2) is 18.2 Å². The zero-order chi connectivity index (χ0) is 16.8. The second kappa shape index (κ2) is 12.9. The van der Waals surface area contributed by atoms with E-state index in [1.54, 1.807) is 0 Å². The molecule has 0 bridgehead atoms. The van der Waals surface area contributed by atoms with Gasteiger partial charge in [0.15, 0.2) is 0 Å². The fraction of sp³-hybridized carbons (Fsp3) is 0.550. The molecule has 1 fully saturated rings. The number of unbranched alkanes of at least 4 members (excludes halogenated alkanes) is 3. The number of rotatable bonds is 13. The maximum atomic E-state index is 10.3. The van der Waals surface area contributed by atoms with Crippen LogP contribution in [0.4, 0.5) is 0 Å². The van der Waals surface area contributed by atoms with E-state index in [9.17, 15) is 9.90 Å². The summed E-state index contributed by atoms with van der Waals surface area (Å²) < 4.78 is 5.44. The maximum absolute atomic E-state index is 10.3. The topological polar surface area (TPSA) is 52.7 Å². The van der Waals surface area contributed by atoms with Crippen LogP contribution in [0.5, 0.6) is 0 Å². The van der Waals surface area contributed by atoms with Crippen LogP contribution < -0.4 is 5.11 Å². The first-order chi connectivity index (χ1) is 11.2. The van der Waals surface area contributed by atoms with Gasteiger partial charge in [-0.2, -0.15) is 0 Å². The predicted molar refractivity (Wildman–Crippen MR) is 92.8 cm³/mol. The van der Waals surface area contributed by atoms with Crippen molar-refractivity contribution in [1.29, 1.82) is 0 Å². The first-order valence-electron chi connectivity index (χ1n) is 8.74. The Hall–Kier alpha value is -1.61. The van der Waals surface area contributed by atoms with Crippen molar-refractivity contribution in [3.8, 4) is 0 Å². The van der Waals surface area contributed by atoms with Gasteiger partial charge in [0.1, 0.15) is 6.10 Å². The molecule has 128 valence electrons. The highest BCUT2D eigenvalue weighted by Crippen LogP contribution is 2.28. The Morgan fingerprint density at radius 2 is 1.87 bits per heavy atom. The second-order valence-corrected chi connectivity index (χ2v) is 5.80. The minimum absolute atomic E-state index is 0.119. The van der Waals surface area contributed by atoms with E-state index < -0.39 is 5.97 Å². The lowest BCUT2D eigenvalue weighted by atomic mass is 10.1. The lowest BCUT2D eigenvalue weighted by Crippen LogP contribution is -2.21. The molecule has 0 N–H and O–H groups in total. The van der Waals surface area contributed by atoms with E-state index in [4.69, 9.17) is 4.74 Å². The van der Waals surface area contributed by atoms with Gasteiger partial charge in [-0.1, -0.05) is 68.4 Å². The molecule has 0 saturated carbocycles. The van der Waals surface area contributed by atoms with Gasteiger partial charge in [0.2, 0.25) is 0 Å².